The van der Waals surface area contributed by atoms with Crippen LogP contribution in [0.1, 0.15) is 91.1 Å². The van der Waals surface area contributed by atoms with Crippen LogP contribution in [0.3, 0.4) is 0 Å². The van der Waals surface area contributed by atoms with E-state index in [4.69, 9.17) is 0 Å². The molecule has 6 aliphatic rings. The number of fused-ring (bicyclic) bond motifs is 7. The minimum absolute atomic E-state index is 0.286. The molecule has 3 unspecified atom stereocenters. The van der Waals surface area contributed by atoms with Crippen LogP contribution in [0.15, 0.2) is 217 Å². The average molecular weight is 921 g/mol. The second-order valence-electron chi connectivity index (χ2n) is 21.2. The Kier molecular flexibility index (Phi) is 9.81. The molecule has 0 spiro atoms. The van der Waals surface area contributed by atoms with E-state index in [2.05, 4.69) is 247 Å². The Morgan fingerprint density at radius 1 is 0.528 bits per heavy atom. The molecule has 0 heteroatoms. The highest BCUT2D eigenvalue weighted by Crippen LogP contribution is 2.58. The Labute approximate surface area is 424 Å². The van der Waals surface area contributed by atoms with E-state index < -0.39 is 0 Å². The van der Waals surface area contributed by atoms with Crippen LogP contribution in [-0.2, 0) is 0 Å². The number of hydrogen-bond donors (Lipinski definition) is 0. The monoisotopic (exact) mass is 920 g/mol. The Balaban J connectivity index is 1.00. The van der Waals surface area contributed by atoms with Gasteiger partial charge in [0.2, 0.25) is 0 Å². The van der Waals surface area contributed by atoms with Gasteiger partial charge in [0.25, 0.3) is 0 Å². The predicted octanol–water partition coefficient (Wildman–Crippen LogP) is 19.3. The number of hydrogen-bond acceptors (Lipinski definition) is 0. The first-order valence-corrected chi connectivity index (χ1v) is 26.2. The van der Waals surface area contributed by atoms with E-state index in [1.165, 1.54) is 150 Å². The fourth-order valence-corrected chi connectivity index (χ4v) is 13.8. The summed E-state index contributed by atoms with van der Waals surface area (Å²) in [6, 6.07) is 58.0. The molecule has 0 radical (unpaired) electrons. The molecule has 8 aromatic rings. The van der Waals surface area contributed by atoms with E-state index in [1.807, 2.05) is 0 Å². The van der Waals surface area contributed by atoms with Crippen molar-refractivity contribution in [3.05, 3.63) is 267 Å². The maximum Gasteiger partial charge on any atom is 0.0205 e. The Bertz CT molecular complexity index is 3970. The van der Waals surface area contributed by atoms with Gasteiger partial charge < -0.3 is 0 Å². The molecular formula is C72H56. The van der Waals surface area contributed by atoms with Crippen molar-refractivity contribution in [1.29, 1.82) is 0 Å². The number of allylic oxidation sites excluding steroid dienone is 14. The SMILES string of the molecule is CC=C(c1ccc2c(c1)-c1ccc(-c3ccc4c5c(cccc35)C=C(c3ccccc3)c3cc5c(cc3C(c3ccccc3)=C4)C3=CC=C(C4=C(C)C=CCC4C)C4C=CC=C5C34)c3cccc-2c13)C(C)C. The van der Waals surface area contributed by atoms with Crippen LogP contribution in [0.4, 0.5) is 0 Å². The zero-order chi connectivity index (χ0) is 48.4. The fraction of sp³-hybridized carbons (Fsp3) is 0.139. The minimum atomic E-state index is 0.286. The van der Waals surface area contributed by atoms with Crippen LogP contribution >= 0.6 is 0 Å². The van der Waals surface area contributed by atoms with Gasteiger partial charge in [-0.05, 0) is 212 Å². The summed E-state index contributed by atoms with van der Waals surface area (Å²) in [5.74, 6) is 1.55. The molecule has 6 aliphatic carbocycles. The second-order valence-corrected chi connectivity index (χ2v) is 21.2. The maximum atomic E-state index is 2.56. The van der Waals surface area contributed by atoms with Crippen LogP contribution in [0.5, 0.6) is 0 Å². The topological polar surface area (TPSA) is 0 Å². The molecule has 72 heavy (non-hydrogen) atoms. The molecule has 3 atom stereocenters. The summed E-state index contributed by atoms with van der Waals surface area (Å²) in [6.45, 7) is 11.5. The lowest BCUT2D eigenvalue weighted by molar-refractivity contribution is 0.613. The highest BCUT2D eigenvalue weighted by molar-refractivity contribution is 6.21. The Hall–Kier alpha value is -8.06. The molecular weight excluding hydrogens is 865 g/mol. The Morgan fingerprint density at radius 2 is 1.12 bits per heavy atom. The largest absolute Gasteiger partial charge is 0.0837 e. The number of benzene rings is 8. The molecule has 0 fully saturated rings. The van der Waals surface area contributed by atoms with Crippen LogP contribution in [0.25, 0.3) is 94.9 Å². The van der Waals surface area contributed by atoms with Crippen molar-refractivity contribution in [1.82, 2.24) is 0 Å². The summed E-state index contributed by atoms with van der Waals surface area (Å²) in [6.07, 6.45) is 25.2. The first-order chi connectivity index (χ1) is 35.3. The maximum absolute atomic E-state index is 2.56. The lowest BCUT2D eigenvalue weighted by Crippen LogP contribution is -2.23. The quantitative estimate of drug-likeness (QED) is 0.156. The van der Waals surface area contributed by atoms with Gasteiger partial charge in [-0.25, -0.2) is 0 Å². The van der Waals surface area contributed by atoms with Gasteiger partial charge in [0.05, 0.1) is 0 Å². The molecule has 0 aliphatic heterocycles. The van der Waals surface area contributed by atoms with Crippen molar-refractivity contribution in [2.24, 2.45) is 23.7 Å². The molecule has 8 aromatic carbocycles. The predicted molar refractivity (Wildman–Crippen MR) is 309 cm³/mol. The summed E-state index contributed by atoms with van der Waals surface area (Å²) in [5, 5.41) is 5.18. The molecule has 0 N–H and O–H groups in total. The third-order valence-corrected chi connectivity index (χ3v) is 16.9. The van der Waals surface area contributed by atoms with E-state index in [9.17, 15) is 0 Å². The van der Waals surface area contributed by atoms with Crippen molar-refractivity contribution < 1.29 is 0 Å². The zero-order valence-electron chi connectivity index (χ0n) is 41.7. The highest BCUT2D eigenvalue weighted by Gasteiger charge is 2.42. The van der Waals surface area contributed by atoms with Crippen LogP contribution in [-0.4, -0.2) is 0 Å². The van der Waals surface area contributed by atoms with Crippen LogP contribution < -0.4 is 0 Å². The second kappa shape index (κ2) is 16.5. The van der Waals surface area contributed by atoms with E-state index in [-0.39, 0.29) is 5.92 Å². The highest BCUT2D eigenvalue weighted by atomic mass is 14.5. The van der Waals surface area contributed by atoms with Crippen LogP contribution in [0, 0.1) is 23.7 Å². The summed E-state index contributed by atoms with van der Waals surface area (Å²) in [4.78, 5) is 0. The summed E-state index contributed by atoms with van der Waals surface area (Å²) in [7, 11) is 0. The molecule has 14 rings (SSSR count). The normalized spacial score (nSPS) is 19.2. The van der Waals surface area contributed by atoms with Gasteiger partial charge in [-0.2, -0.15) is 0 Å². The van der Waals surface area contributed by atoms with Crippen molar-refractivity contribution >= 4 is 61.6 Å². The minimum Gasteiger partial charge on any atom is -0.0837 e. The van der Waals surface area contributed by atoms with Gasteiger partial charge in [-0.15, -0.1) is 0 Å². The van der Waals surface area contributed by atoms with E-state index in [0.29, 0.717) is 17.8 Å². The summed E-state index contributed by atoms with van der Waals surface area (Å²) >= 11 is 0. The zero-order valence-corrected chi connectivity index (χ0v) is 41.7. The lowest BCUT2D eigenvalue weighted by Gasteiger charge is -2.35. The average Bonchev–Trinajstić information content (AvgIpc) is 3.92. The standard InChI is InChI=1S/C72H56/c1-6-50(42(2)3)47-29-31-53-56-26-15-25-55-52(33-34-60(71(55)56)64(53)37-47)51-32-30-49-39-63(46-21-11-8-12-22-46)68-41-66-61-36-35-59(69-43(4)17-13-18-44(69)5)57-27-16-28-58(72(57)61)65(66)40-67(68)62(45-19-9-7-10-20-45)38-48-23-14-24-54(51)70(48)49/h6-17,19-42,44,57,72H,18H2,1-5H3. The third kappa shape index (κ3) is 6.38. The molecule has 0 saturated carbocycles. The van der Waals surface area contributed by atoms with Gasteiger partial charge in [0.1, 0.15) is 0 Å². The van der Waals surface area contributed by atoms with Crippen molar-refractivity contribution in [2.75, 3.05) is 0 Å². The number of rotatable bonds is 6. The van der Waals surface area contributed by atoms with Crippen molar-refractivity contribution in [3.63, 3.8) is 0 Å². The molecule has 0 nitrogen and oxygen atoms in total. The smallest absolute Gasteiger partial charge is 0.0205 e. The lowest BCUT2D eigenvalue weighted by atomic mass is 9.68. The van der Waals surface area contributed by atoms with E-state index in [1.54, 1.807) is 0 Å². The molecule has 0 aromatic heterocycles. The molecule has 0 amide bonds. The third-order valence-electron chi connectivity index (χ3n) is 16.9. The van der Waals surface area contributed by atoms with Gasteiger partial charge >= 0.3 is 0 Å². The van der Waals surface area contributed by atoms with Crippen LogP contribution in [0.2, 0.25) is 0 Å². The molecule has 0 bridgehead atoms. The fourth-order valence-electron chi connectivity index (χ4n) is 13.8. The van der Waals surface area contributed by atoms with Gasteiger partial charge in [0, 0.05) is 11.8 Å². The van der Waals surface area contributed by atoms with Crippen molar-refractivity contribution in [2.45, 2.75) is 41.0 Å². The van der Waals surface area contributed by atoms with E-state index >= 15 is 0 Å². The first kappa shape index (κ1) is 42.8. The van der Waals surface area contributed by atoms with Gasteiger partial charge in [-0.3, -0.25) is 0 Å². The molecule has 0 saturated heterocycles. The summed E-state index contributed by atoms with van der Waals surface area (Å²) < 4.78 is 0. The Morgan fingerprint density at radius 3 is 1.81 bits per heavy atom. The van der Waals surface area contributed by atoms with Gasteiger partial charge in [-0.1, -0.05) is 203 Å². The first-order valence-electron chi connectivity index (χ1n) is 26.2. The van der Waals surface area contributed by atoms with E-state index in [0.717, 1.165) is 6.42 Å². The van der Waals surface area contributed by atoms with Gasteiger partial charge in [0.15, 0.2) is 0 Å². The molecule has 0 heterocycles. The molecule has 344 valence electrons. The van der Waals surface area contributed by atoms with Crippen molar-refractivity contribution in [3.8, 4) is 33.4 Å². The summed E-state index contributed by atoms with van der Waals surface area (Å²) in [5.41, 5.74) is 30.4.